The summed E-state index contributed by atoms with van der Waals surface area (Å²) < 4.78 is 0. The quantitative estimate of drug-likeness (QED) is 0.840. The maximum Gasteiger partial charge on any atom is 0.155 e. The molecule has 1 N–H and O–H groups in total. The molecule has 146 valence electrons. The monoisotopic (exact) mass is 375 g/mol. The van der Waals surface area contributed by atoms with E-state index in [0.29, 0.717) is 12.3 Å². The summed E-state index contributed by atoms with van der Waals surface area (Å²) in [5.41, 5.74) is 5.95. The first-order chi connectivity index (χ1) is 13.5. The van der Waals surface area contributed by atoms with E-state index in [1.54, 1.807) is 6.92 Å². The molecule has 1 aliphatic carbocycles. The number of fused-ring (bicyclic) bond motifs is 1. The maximum atomic E-state index is 12.1. The van der Waals surface area contributed by atoms with E-state index in [-0.39, 0.29) is 17.9 Å². The van der Waals surface area contributed by atoms with Gasteiger partial charge in [0.25, 0.3) is 0 Å². The fraction of sp³-hybridized carbons (Fsp3) is 0.400. The minimum Gasteiger partial charge on any atom is -0.391 e. The van der Waals surface area contributed by atoms with Crippen LogP contribution in [0.5, 0.6) is 0 Å². The molecule has 4 rings (SSSR count). The number of ketones is 1. The smallest absolute Gasteiger partial charge is 0.155 e. The molecule has 0 amide bonds. The zero-order valence-electron chi connectivity index (χ0n) is 16.9. The molecule has 0 aromatic heterocycles. The van der Waals surface area contributed by atoms with Gasteiger partial charge in [0.1, 0.15) is 0 Å². The molecule has 0 radical (unpaired) electrons. The lowest BCUT2D eigenvalue weighted by Gasteiger charge is -2.41. The highest BCUT2D eigenvalue weighted by Gasteiger charge is 2.41. The largest absolute Gasteiger partial charge is 0.391 e. The Morgan fingerprint density at radius 3 is 2.54 bits per heavy atom. The van der Waals surface area contributed by atoms with Gasteiger partial charge in [-0.3, -0.25) is 9.69 Å². The fourth-order valence-corrected chi connectivity index (χ4v) is 4.89. The molecule has 0 bridgehead atoms. The normalized spacial score (nSPS) is 24.9. The number of hydrogen-bond acceptors (Lipinski definition) is 3. The van der Waals surface area contributed by atoms with Crippen molar-refractivity contribution in [2.45, 2.75) is 57.7 Å². The molecular formula is C25H29NO2. The number of carbonyl (C=O) groups is 1. The fourth-order valence-electron chi connectivity index (χ4n) is 4.89. The van der Waals surface area contributed by atoms with Crippen molar-refractivity contribution >= 4 is 5.78 Å². The molecule has 2 aromatic carbocycles. The minimum absolute atomic E-state index is 0.000307. The van der Waals surface area contributed by atoms with Crippen LogP contribution in [-0.2, 0) is 11.2 Å². The molecule has 1 heterocycles. The number of benzene rings is 2. The van der Waals surface area contributed by atoms with Crippen LogP contribution < -0.4 is 0 Å². The molecule has 0 saturated carbocycles. The second kappa shape index (κ2) is 7.65. The summed E-state index contributed by atoms with van der Waals surface area (Å²) >= 11 is 0. The van der Waals surface area contributed by atoms with Gasteiger partial charge in [-0.15, -0.1) is 0 Å². The van der Waals surface area contributed by atoms with Crippen LogP contribution in [0.2, 0.25) is 0 Å². The minimum atomic E-state index is -0.423. The van der Waals surface area contributed by atoms with E-state index in [4.69, 9.17) is 0 Å². The molecule has 0 unspecified atom stereocenters. The maximum absolute atomic E-state index is 12.1. The zero-order valence-corrected chi connectivity index (χ0v) is 16.9. The Hall–Kier alpha value is -2.23. The third-order valence-electron chi connectivity index (χ3n) is 6.25. The summed E-state index contributed by atoms with van der Waals surface area (Å²) in [6.45, 7) is 6.87. The Balaban J connectivity index is 1.81. The van der Waals surface area contributed by atoms with Crippen molar-refractivity contribution in [1.29, 1.82) is 0 Å². The molecule has 0 spiro atoms. The summed E-state index contributed by atoms with van der Waals surface area (Å²) in [7, 11) is 0. The zero-order chi connectivity index (χ0) is 19.8. The number of rotatable bonds is 4. The van der Waals surface area contributed by atoms with Crippen LogP contribution in [0.1, 0.15) is 67.4 Å². The topological polar surface area (TPSA) is 40.5 Å². The molecule has 0 fully saturated rings. The highest BCUT2D eigenvalue weighted by atomic mass is 16.3. The Labute approximate surface area is 167 Å². The lowest BCUT2D eigenvalue weighted by molar-refractivity contribution is -0.114. The van der Waals surface area contributed by atoms with E-state index >= 15 is 0 Å². The van der Waals surface area contributed by atoms with E-state index in [0.717, 1.165) is 18.5 Å². The second-order valence-electron chi connectivity index (χ2n) is 8.38. The molecule has 0 saturated heterocycles. The van der Waals surface area contributed by atoms with Gasteiger partial charge >= 0.3 is 0 Å². The highest BCUT2D eigenvalue weighted by Crippen LogP contribution is 2.45. The lowest BCUT2D eigenvalue weighted by Crippen LogP contribution is -2.40. The van der Waals surface area contributed by atoms with Gasteiger partial charge < -0.3 is 5.11 Å². The Bertz CT molecular complexity index is 900. The average molecular weight is 376 g/mol. The molecular weight excluding hydrogens is 346 g/mol. The predicted molar refractivity (Wildman–Crippen MR) is 112 cm³/mol. The molecule has 1 aliphatic heterocycles. The highest BCUT2D eigenvalue weighted by molar-refractivity contribution is 5.93. The Morgan fingerprint density at radius 1 is 1.11 bits per heavy atom. The van der Waals surface area contributed by atoms with Crippen molar-refractivity contribution in [2.24, 2.45) is 0 Å². The number of aliphatic hydroxyl groups is 1. The van der Waals surface area contributed by atoms with Crippen molar-refractivity contribution < 1.29 is 9.90 Å². The van der Waals surface area contributed by atoms with Crippen LogP contribution in [0.3, 0.4) is 0 Å². The molecule has 3 heteroatoms. The van der Waals surface area contributed by atoms with Crippen molar-refractivity contribution in [3.63, 3.8) is 0 Å². The summed E-state index contributed by atoms with van der Waals surface area (Å²) in [5, 5.41) is 11.1. The third-order valence-corrected chi connectivity index (χ3v) is 6.25. The van der Waals surface area contributed by atoms with Gasteiger partial charge in [-0.05, 0) is 47.1 Å². The molecule has 3 atom stereocenters. The molecule has 3 nitrogen and oxygen atoms in total. The van der Waals surface area contributed by atoms with Gasteiger partial charge in [-0.25, -0.2) is 0 Å². The van der Waals surface area contributed by atoms with Gasteiger partial charge in [0.2, 0.25) is 0 Å². The van der Waals surface area contributed by atoms with Gasteiger partial charge in [-0.2, -0.15) is 0 Å². The first-order valence-corrected chi connectivity index (χ1v) is 10.3. The Morgan fingerprint density at radius 2 is 1.86 bits per heavy atom. The van der Waals surface area contributed by atoms with Gasteiger partial charge in [0.15, 0.2) is 5.78 Å². The number of nitrogens with zero attached hydrogens (tertiary/aromatic N) is 1. The number of hydrogen-bond donors (Lipinski definition) is 1. The van der Waals surface area contributed by atoms with E-state index in [9.17, 15) is 9.90 Å². The van der Waals surface area contributed by atoms with Gasteiger partial charge in [0.05, 0.1) is 18.2 Å². The van der Waals surface area contributed by atoms with Crippen molar-refractivity contribution in [3.8, 4) is 0 Å². The van der Waals surface area contributed by atoms with Crippen LogP contribution in [0, 0.1) is 0 Å². The number of Topliss-reactive ketones (excluding diaryl/α,β-unsaturated/α-hetero) is 1. The number of carbonyl (C=O) groups excluding carboxylic acids is 1. The van der Waals surface area contributed by atoms with E-state index in [2.05, 4.69) is 55.2 Å². The third kappa shape index (κ3) is 3.34. The summed E-state index contributed by atoms with van der Waals surface area (Å²) in [6.07, 6.45) is 3.13. The van der Waals surface area contributed by atoms with E-state index in [1.165, 1.54) is 22.3 Å². The predicted octanol–water partition coefficient (Wildman–Crippen LogP) is 4.73. The van der Waals surface area contributed by atoms with Crippen molar-refractivity contribution in [2.75, 3.05) is 6.54 Å². The molecule has 2 aromatic rings. The SMILES string of the molecule is CC(=O)C1=C[C@@H](c2ccccc2)N([C@H]2c3c(cccc3C(C)C)C[C@H]2O)CC1. The number of aliphatic hydroxyl groups excluding tert-OH is 1. The second-order valence-corrected chi connectivity index (χ2v) is 8.38. The summed E-state index contributed by atoms with van der Waals surface area (Å²) in [4.78, 5) is 14.5. The average Bonchev–Trinajstić information content (AvgIpc) is 3.03. The van der Waals surface area contributed by atoms with Crippen molar-refractivity contribution in [3.05, 3.63) is 82.4 Å². The van der Waals surface area contributed by atoms with Crippen LogP contribution in [-0.4, -0.2) is 28.4 Å². The standard InChI is InChI=1S/C25H29NO2/c1-16(2)21-11-7-10-20-15-23(28)25(24(20)21)26-13-12-19(17(3)27)14-22(26)18-8-5-4-6-9-18/h4-11,14,16,22-23,25,28H,12-13,15H2,1-3H3/t22-,23+,25+/m0/s1. The van der Waals surface area contributed by atoms with Crippen LogP contribution in [0.4, 0.5) is 0 Å². The van der Waals surface area contributed by atoms with Crippen LogP contribution in [0.25, 0.3) is 0 Å². The molecule has 2 aliphatic rings. The van der Waals surface area contributed by atoms with Crippen LogP contribution >= 0.6 is 0 Å². The van der Waals surface area contributed by atoms with Crippen molar-refractivity contribution in [1.82, 2.24) is 4.90 Å². The molecule has 28 heavy (non-hydrogen) atoms. The van der Waals surface area contributed by atoms with Gasteiger partial charge in [-0.1, -0.05) is 68.5 Å². The van der Waals surface area contributed by atoms with E-state index < -0.39 is 6.10 Å². The van der Waals surface area contributed by atoms with Crippen LogP contribution in [0.15, 0.2) is 60.2 Å². The van der Waals surface area contributed by atoms with E-state index in [1.807, 2.05) is 18.2 Å². The van der Waals surface area contributed by atoms with Gasteiger partial charge in [0, 0.05) is 13.0 Å². The first kappa shape index (κ1) is 19.1. The summed E-state index contributed by atoms with van der Waals surface area (Å²) in [5.74, 6) is 0.557. The summed E-state index contributed by atoms with van der Waals surface area (Å²) in [6, 6.07) is 16.8. The lowest BCUT2D eigenvalue weighted by atomic mass is 9.88. The Kier molecular flexibility index (Phi) is 5.22. The first-order valence-electron chi connectivity index (χ1n) is 10.3.